The van der Waals surface area contributed by atoms with Crippen LogP contribution in [0.2, 0.25) is 0 Å². The number of aliphatic hydroxyl groups excluding tert-OH is 1. The highest BCUT2D eigenvalue weighted by Gasteiger charge is 2.75. The van der Waals surface area contributed by atoms with E-state index in [4.69, 9.17) is 9.82 Å². The van der Waals surface area contributed by atoms with E-state index < -0.39 is 0 Å². The van der Waals surface area contributed by atoms with Crippen molar-refractivity contribution in [2.24, 2.45) is 46.3 Å². The van der Waals surface area contributed by atoms with Gasteiger partial charge in [0.1, 0.15) is 5.60 Å². The Morgan fingerprint density at radius 2 is 1.73 bits per heavy atom. The van der Waals surface area contributed by atoms with E-state index in [0.29, 0.717) is 41.9 Å². The first-order valence-electron chi connectivity index (χ1n) is 16.5. The molecule has 0 amide bonds. The van der Waals surface area contributed by atoms with Crippen LogP contribution in [0, 0.1) is 46.3 Å². The molecule has 4 heteroatoms. The fourth-order valence-corrected chi connectivity index (χ4v) is 10.5. The normalized spacial score (nSPS) is 42.9. The van der Waals surface area contributed by atoms with E-state index in [1.807, 2.05) is 0 Å². The Bertz CT molecular complexity index is 1380. The summed E-state index contributed by atoms with van der Waals surface area (Å²) in [5.74, 6) is 4.31. The third kappa shape index (κ3) is 3.75. The number of aliphatic hydroxyl groups is 1. The van der Waals surface area contributed by atoms with Crippen LogP contribution in [0.5, 0.6) is 0 Å². The van der Waals surface area contributed by atoms with Gasteiger partial charge in [-0.1, -0.05) is 84.0 Å². The largest absolute Gasteiger partial charge is 0.393 e. The molecule has 1 saturated heterocycles. The summed E-state index contributed by atoms with van der Waals surface area (Å²) in [5, 5.41) is 14.4. The van der Waals surface area contributed by atoms with E-state index in [9.17, 15) is 5.11 Å². The van der Waals surface area contributed by atoms with Crippen molar-refractivity contribution >= 4 is 16.7 Å². The van der Waals surface area contributed by atoms with Crippen molar-refractivity contribution in [3.05, 3.63) is 60.7 Å². The number of para-hydroxylation sites is 1. The van der Waals surface area contributed by atoms with Crippen LogP contribution in [0.1, 0.15) is 86.5 Å². The molecule has 3 saturated carbocycles. The summed E-state index contributed by atoms with van der Waals surface area (Å²) in [7, 11) is 0. The van der Waals surface area contributed by atoms with Crippen molar-refractivity contribution in [3.8, 4) is 0 Å². The first kappa shape index (κ1) is 27.7. The van der Waals surface area contributed by atoms with Crippen LogP contribution in [-0.2, 0) is 4.84 Å². The molecule has 1 aromatic heterocycles. The molecule has 0 radical (unpaired) electrons. The maximum Gasteiger partial charge on any atom is 0.154 e. The zero-order valence-electron chi connectivity index (χ0n) is 26.0. The van der Waals surface area contributed by atoms with Gasteiger partial charge in [0.15, 0.2) is 5.82 Å². The van der Waals surface area contributed by atoms with Gasteiger partial charge in [0.2, 0.25) is 0 Å². The number of pyridine rings is 1. The van der Waals surface area contributed by atoms with Gasteiger partial charge >= 0.3 is 0 Å². The molecule has 6 aliphatic rings. The van der Waals surface area contributed by atoms with Crippen molar-refractivity contribution in [3.63, 3.8) is 0 Å². The molecule has 10 atom stereocenters. The van der Waals surface area contributed by atoms with Crippen LogP contribution >= 0.6 is 0 Å². The van der Waals surface area contributed by atoms with Crippen molar-refractivity contribution in [1.82, 2.24) is 4.98 Å². The molecule has 4 fully saturated rings. The van der Waals surface area contributed by atoms with E-state index in [1.54, 1.807) is 0 Å². The molecule has 3 heterocycles. The van der Waals surface area contributed by atoms with Crippen LogP contribution in [0.25, 0.3) is 10.9 Å². The van der Waals surface area contributed by atoms with E-state index in [1.165, 1.54) is 25.7 Å². The SMILES string of the molecule is CC(C)[C@@H](C)/C=C/[C@@H](C)[C@H]1CC[C@@H]2[C@]1(C)CCC1[C@]23C=C[C@]2(C[C@@H](O)CC[C@]12C)N(c1ccc2ccccc2n1)O3. The molecule has 220 valence electrons. The monoisotopic (exact) mass is 554 g/mol. The predicted octanol–water partition coefficient (Wildman–Crippen LogP) is 8.51. The number of hydrogen-bond acceptors (Lipinski definition) is 4. The van der Waals surface area contributed by atoms with Gasteiger partial charge in [0, 0.05) is 29.1 Å². The van der Waals surface area contributed by atoms with Crippen LogP contribution in [-0.4, -0.2) is 27.3 Å². The highest BCUT2D eigenvalue weighted by Crippen LogP contribution is 2.73. The number of hydroxylamine groups is 1. The summed E-state index contributed by atoms with van der Waals surface area (Å²) in [4.78, 5) is 12.6. The standard InChI is InChI=1S/C37H50N2O2/c1-24(2)25(3)11-12-26(4)29-14-15-31-34(29,5)19-18-32-35(6)20-17-28(40)23-36(35)21-22-37(31,32)41-39(36)33-16-13-27-9-7-8-10-30(27)38-33/h7-13,16,21-22,24-26,28-29,31-32,40H,14-15,17-20,23H2,1-6H3/b12-11+/t25-,26+,28-,29+,31+,32?,34+,35+,36+,37-/m0/s1. The lowest BCUT2D eigenvalue weighted by atomic mass is 9.41. The number of fused-ring (bicyclic) bond motifs is 3. The Morgan fingerprint density at radius 3 is 2.54 bits per heavy atom. The number of rotatable bonds is 5. The number of benzene rings is 1. The fraction of sp³-hybridized carbons (Fsp3) is 0.649. The van der Waals surface area contributed by atoms with Crippen LogP contribution in [0.15, 0.2) is 60.7 Å². The second-order valence-electron chi connectivity index (χ2n) is 15.4. The van der Waals surface area contributed by atoms with Gasteiger partial charge < -0.3 is 5.11 Å². The minimum Gasteiger partial charge on any atom is -0.393 e. The summed E-state index contributed by atoms with van der Waals surface area (Å²) >= 11 is 0. The quantitative estimate of drug-likeness (QED) is 0.376. The fourth-order valence-electron chi connectivity index (χ4n) is 10.5. The van der Waals surface area contributed by atoms with Gasteiger partial charge in [-0.05, 0) is 85.8 Å². The molecule has 1 unspecified atom stereocenters. The Labute approximate surface area is 247 Å². The molecule has 41 heavy (non-hydrogen) atoms. The van der Waals surface area contributed by atoms with E-state index in [2.05, 4.69) is 107 Å². The maximum atomic E-state index is 11.1. The molecule has 1 N–H and O–H groups in total. The maximum absolute atomic E-state index is 11.1. The summed E-state index contributed by atoms with van der Waals surface area (Å²) in [6.07, 6.45) is 17.2. The summed E-state index contributed by atoms with van der Waals surface area (Å²) < 4.78 is 0. The van der Waals surface area contributed by atoms with Gasteiger partial charge in [0.05, 0.1) is 17.2 Å². The van der Waals surface area contributed by atoms with Gasteiger partial charge in [-0.15, -0.1) is 0 Å². The van der Waals surface area contributed by atoms with Crippen LogP contribution in [0.3, 0.4) is 0 Å². The van der Waals surface area contributed by atoms with Gasteiger partial charge in [-0.25, -0.2) is 10.0 Å². The number of nitrogens with zero attached hydrogens (tertiary/aromatic N) is 2. The molecular formula is C37H50N2O2. The molecule has 4 nitrogen and oxygen atoms in total. The first-order valence-corrected chi connectivity index (χ1v) is 16.5. The Balaban J connectivity index is 1.31. The van der Waals surface area contributed by atoms with Crippen molar-refractivity contribution in [2.75, 3.05) is 5.06 Å². The van der Waals surface area contributed by atoms with Crippen molar-refractivity contribution < 1.29 is 9.94 Å². The number of hydrogen-bond donors (Lipinski definition) is 1. The lowest BCUT2D eigenvalue weighted by Gasteiger charge is -2.73. The second-order valence-corrected chi connectivity index (χ2v) is 15.4. The summed E-state index contributed by atoms with van der Waals surface area (Å²) in [6.45, 7) is 14.6. The highest BCUT2D eigenvalue weighted by molar-refractivity contribution is 5.80. The van der Waals surface area contributed by atoms with Gasteiger partial charge in [0.25, 0.3) is 0 Å². The number of aromatic nitrogens is 1. The van der Waals surface area contributed by atoms with Crippen molar-refractivity contribution in [1.29, 1.82) is 0 Å². The number of anilines is 1. The minimum absolute atomic E-state index is 0.0180. The Kier molecular flexibility index (Phi) is 6.35. The molecule has 8 rings (SSSR count). The highest BCUT2D eigenvalue weighted by atomic mass is 16.7. The molecule has 4 aliphatic carbocycles. The van der Waals surface area contributed by atoms with Gasteiger partial charge in [-0.3, -0.25) is 4.84 Å². The topological polar surface area (TPSA) is 45.6 Å². The average molecular weight is 555 g/mol. The average Bonchev–Trinajstić information content (AvgIpc) is 3.33. The Hall–Kier alpha value is -2.17. The Morgan fingerprint density at radius 1 is 0.927 bits per heavy atom. The smallest absolute Gasteiger partial charge is 0.154 e. The molecular weight excluding hydrogens is 504 g/mol. The molecule has 2 aliphatic heterocycles. The molecule has 1 aromatic carbocycles. The lowest BCUT2D eigenvalue weighted by Crippen LogP contribution is -2.79. The molecule has 2 bridgehead atoms. The lowest BCUT2D eigenvalue weighted by molar-refractivity contribution is -0.273. The van der Waals surface area contributed by atoms with E-state index >= 15 is 0 Å². The molecule has 2 aromatic rings. The molecule has 2 spiro atoms. The third-order valence-corrected chi connectivity index (χ3v) is 13.2. The second kappa shape index (κ2) is 9.41. The van der Waals surface area contributed by atoms with Gasteiger partial charge in [-0.2, -0.15) is 0 Å². The minimum atomic E-state index is -0.388. The predicted molar refractivity (Wildman–Crippen MR) is 167 cm³/mol. The van der Waals surface area contributed by atoms with Crippen LogP contribution < -0.4 is 5.06 Å². The summed E-state index contributed by atoms with van der Waals surface area (Å²) in [5.41, 5.74) is 0.525. The number of allylic oxidation sites excluding steroid dienone is 2. The third-order valence-electron chi connectivity index (χ3n) is 13.2. The zero-order valence-corrected chi connectivity index (χ0v) is 26.0. The summed E-state index contributed by atoms with van der Waals surface area (Å²) in [6, 6.07) is 12.7. The zero-order chi connectivity index (χ0) is 28.8. The van der Waals surface area contributed by atoms with E-state index in [0.717, 1.165) is 29.6 Å². The van der Waals surface area contributed by atoms with E-state index in [-0.39, 0.29) is 28.1 Å². The van der Waals surface area contributed by atoms with Crippen molar-refractivity contribution in [2.45, 2.75) is 104 Å². The first-order chi connectivity index (χ1) is 19.5. The van der Waals surface area contributed by atoms with Crippen LogP contribution in [0.4, 0.5) is 5.82 Å².